The van der Waals surface area contributed by atoms with Gasteiger partial charge in [-0.05, 0) is 147 Å². The van der Waals surface area contributed by atoms with E-state index in [-0.39, 0.29) is 5.41 Å². The van der Waals surface area contributed by atoms with Gasteiger partial charge in [0.15, 0.2) is 0 Å². The number of benzene rings is 6. The summed E-state index contributed by atoms with van der Waals surface area (Å²) in [7, 11) is 0. The molecule has 0 saturated carbocycles. The lowest BCUT2D eigenvalue weighted by atomic mass is 9.72. The maximum atomic E-state index is 4.26. The van der Waals surface area contributed by atoms with Gasteiger partial charge in [0.05, 0.1) is 11.0 Å². The Morgan fingerprint density at radius 2 is 1.44 bits per heavy atom. The summed E-state index contributed by atoms with van der Waals surface area (Å²) in [6.45, 7) is 15.8. The molecule has 59 heavy (non-hydrogen) atoms. The molecule has 2 aliphatic carbocycles. The van der Waals surface area contributed by atoms with Crippen LogP contribution in [0, 0.1) is 5.92 Å². The first kappa shape index (κ1) is 37.4. The largest absolute Gasteiger partial charge is 0.309 e. The van der Waals surface area contributed by atoms with Crippen molar-refractivity contribution in [2.75, 3.05) is 0 Å². The van der Waals surface area contributed by atoms with Crippen molar-refractivity contribution in [1.82, 2.24) is 4.57 Å². The Morgan fingerprint density at radius 1 is 0.763 bits per heavy atom. The van der Waals surface area contributed by atoms with Crippen molar-refractivity contribution in [2.45, 2.75) is 68.9 Å². The van der Waals surface area contributed by atoms with Gasteiger partial charge in [0, 0.05) is 37.9 Å². The summed E-state index contributed by atoms with van der Waals surface area (Å²) in [6, 6.07) is 48.4. The van der Waals surface area contributed by atoms with Gasteiger partial charge in [0.25, 0.3) is 0 Å². The van der Waals surface area contributed by atoms with Gasteiger partial charge in [-0.15, -0.1) is 11.8 Å². The second kappa shape index (κ2) is 14.8. The predicted octanol–water partition coefficient (Wildman–Crippen LogP) is 15.9. The van der Waals surface area contributed by atoms with Crippen LogP contribution in [0.25, 0.3) is 66.5 Å². The van der Waals surface area contributed by atoms with Crippen LogP contribution in [-0.4, -0.2) is 9.82 Å². The number of aromatic nitrogens is 1. The standard InChI is InChI=1S/C57H51NS/c1-7-9-18-43(8-2)58-53-28-23-39(37-16-14-17-42(31-37)45-19-11-10-15-41(45)30-36(3)4)33-49(53)50-34-40(24-29-54(50)58)38-22-27-52-48(32-38)47-26-25-44-35-51(56(47)57(52,5)6)46-20-12-13-21-55(46)59-44/h7-29,31-34,36,44,51H,2,30,35H2,1,3-6H3/b9-7-,43-18+. The first-order valence-corrected chi connectivity index (χ1v) is 22.2. The van der Waals surface area contributed by atoms with E-state index in [1.54, 1.807) is 5.57 Å². The molecule has 0 fully saturated rings. The summed E-state index contributed by atoms with van der Waals surface area (Å²) in [5.41, 5.74) is 19.6. The zero-order chi connectivity index (χ0) is 40.4. The highest BCUT2D eigenvalue weighted by molar-refractivity contribution is 8.00. The zero-order valence-electron chi connectivity index (χ0n) is 34.8. The molecule has 2 heterocycles. The monoisotopic (exact) mass is 781 g/mol. The van der Waals surface area contributed by atoms with E-state index in [1.165, 1.54) is 87.9 Å². The third-order valence-electron chi connectivity index (χ3n) is 13.0. The fourth-order valence-corrected chi connectivity index (χ4v) is 11.6. The minimum absolute atomic E-state index is 0.0514. The first-order valence-electron chi connectivity index (χ1n) is 21.3. The Balaban J connectivity index is 1.12. The van der Waals surface area contributed by atoms with Gasteiger partial charge >= 0.3 is 0 Å². The molecule has 0 saturated heterocycles. The van der Waals surface area contributed by atoms with Crippen LogP contribution in [0.4, 0.5) is 0 Å². The molecule has 2 heteroatoms. The van der Waals surface area contributed by atoms with Crippen LogP contribution in [0.2, 0.25) is 0 Å². The summed E-state index contributed by atoms with van der Waals surface area (Å²) >= 11 is 2.03. The molecule has 7 aromatic rings. The number of allylic oxidation sites excluding steroid dienone is 8. The molecule has 2 atom stereocenters. The number of hydrogen-bond acceptors (Lipinski definition) is 1. The van der Waals surface area contributed by atoms with Gasteiger partial charge in [0.1, 0.15) is 0 Å². The Morgan fingerprint density at radius 3 is 2.19 bits per heavy atom. The number of fused-ring (bicyclic) bond motifs is 10. The molecular formula is C57H51NS. The van der Waals surface area contributed by atoms with E-state index in [9.17, 15) is 0 Å². The van der Waals surface area contributed by atoms with Crippen LogP contribution in [0.15, 0.2) is 181 Å². The van der Waals surface area contributed by atoms with E-state index >= 15 is 0 Å². The Labute approximate surface area is 354 Å². The number of thioether (sulfide) groups is 1. The third kappa shape index (κ3) is 6.32. The van der Waals surface area contributed by atoms with Crippen LogP contribution >= 0.6 is 11.8 Å². The Hall–Kier alpha value is -5.83. The minimum Gasteiger partial charge on any atom is -0.309 e. The van der Waals surface area contributed by atoms with Crippen molar-refractivity contribution >= 4 is 44.8 Å². The zero-order valence-corrected chi connectivity index (χ0v) is 35.6. The third-order valence-corrected chi connectivity index (χ3v) is 14.3. The van der Waals surface area contributed by atoms with Crippen molar-refractivity contribution in [2.24, 2.45) is 5.92 Å². The van der Waals surface area contributed by atoms with Crippen molar-refractivity contribution in [1.29, 1.82) is 0 Å². The highest BCUT2D eigenvalue weighted by atomic mass is 32.2. The molecule has 10 rings (SSSR count). The van der Waals surface area contributed by atoms with Gasteiger partial charge in [-0.2, -0.15) is 0 Å². The predicted molar refractivity (Wildman–Crippen MR) is 256 cm³/mol. The van der Waals surface area contributed by atoms with Gasteiger partial charge in [-0.25, -0.2) is 0 Å². The average Bonchev–Trinajstić information content (AvgIpc) is 3.62. The highest BCUT2D eigenvalue weighted by Gasteiger charge is 2.44. The minimum atomic E-state index is -0.0514. The van der Waals surface area contributed by atoms with Crippen molar-refractivity contribution in [3.05, 3.63) is 198 Å². The molecule has 1 aromatic heterocycles. The van der Waals surface area contributed by atoms with E-state index in [1.807, 2.05) is 17.8 Å². The van der Waals surface area contributed by atoms with Crippen LogP contribution < -0.4 is 0 Å². The van der Waals surface area contributed by atoms with Gasteiger partial charge in [-0.3, -0.25) is 0 Å². The maximum Gasteiger partial charge on any atom is 0.0541 e. The second-order valence-corrected chi connectivity index (χ2v) is 18.8. The maximum absolute atomic E-state index is 4.26. The molecule has 1 nitrogen and oxygen atoms in total. The quantitative estimate of drug-likeness (QED) is 0.139. The molecule has 3 aliphatic rings. The van der Waals surface area contributed by atoms with Gasteiger partial charge in [-0.1, -0.05) is 144 Å². The molecule has 6 aromatic carbocycles. The SMILES string of the molecule is C=C/C(=C\C=C/C)n1c2ccc(-c3cccc(-c4ccccc4CC(C)C)c3)cc2c2cc(-c3ccc4c(c3)C3=C(C5CC(C=C3)Sc3ccccc35)C4(C)C)ccc21. The van der Waals surface area contributed by atoms with Gasteiger partial charge in [0.2, 0.25) is 0 Å². The van der Waals surface area contributed by atoms with Crippen molar-refractivity contribution in [3.8, 4) is 33.4 Å². The number of hydrogen-bond donors (Lipinski definition) is 0. The molecule has 290 valence electrons. The van der Waals surface area contributed by atoms with E-state index in [2.05, 4.69) is 204 Å². The van der Waals surface area contributed by atoms with E-state index in [4.69, 9.17) is 0 Å². The molecule has 2 unspecified atom stereocenters. The second-order valence-electron chi connectivity index (χ2n) is 17.5. The molecule has 0 amide bonds. The van der Waals surface area contributed by atoms with Crippen molar-refractivity contribution < 1.29 is 0 Å². The van der Waals surface area contributed by atoms with E-state index in [0.717, 1.165) is 18.5 Å². The lowest BCUT2D eigenvalue weighted by Crippen LogP contribution is -2.25. The van der Waals surface area contributed by atoms with Crippen LogP contribution in [0.3, 0.4) is 0 Å². The summed E-state index contributed by atoms with van der Waals surface area (Å²) in [5, 5.41) is 2.97. The fourth-order valence-electron chi connectivity index (χ4n) is 10.3. The van der Waals surface area contributed by atoms with Crippen LogP contribution in [-0.2, 0) is 11.8 Å². The first-order chi connectivity index (χ1) is 28.7. The molecule has 1 aliphatic heterocycles. The van der Waals surface area contributed by atoms with Crippen molar-refractivity contribution in [3.63, 3.8) is 0 Å². The van der Waals surface area contributed by atoms with E-state index < -0.39 is 0 Å². The molecule has 0 spiro atoms. The lowest BCUT2D eigenvalue weighted by Gasteiger charge is -2.36. The molecular weight excluding hydrogens is 731 g/mol. The summed E-state index contributed by atoms with van der Waals surface area (Å²) in [4.78, 5) is 1.44. The average molecular weight is 782 g/mol. The summed E-state index contributed by atoms with van der Waals surface area (Å²) in [6.07, 6.45) is 15.5. The molecule has 2 bridgehead atoms. The van der Waals surface area contributed by atoms with E-state index in [0.29, 0.717) is 17.1 Å². The summed E-state index contributed by atoms with van der Waals surface area (Å²) < 4.78 is 2.37. The highest BCUT2D eigenvalue weighted by Crippen LogP contribution is 2.58. The Kier molecular flexibility index (Phi) is 9.37. The number of nitrogens with zero attached hydrogens (tertiary/aromatic N) is 1. The molecule has 0 radical (unpaired) electrons. The fraction of sp³-hybridized carbons (Fsp3) is 0.193. The lowest BCUT2D eigenvalue weighted by molar-refractivity contribution is 0.552. The van der Waals surface area contributed by atoms with Crippen LogP contribution in [0.1, 0.15) is 69.2 Å². The van der Waals surface area contributed by atoms with Crippen LogP contribution in [0.5, 0.6) is 0 Å². The number of rotatable bonds is 8. The van der Waals surface area contributed by atoms with Gasteiger partial charge < -0.3 is 4.57 Å². The molecule has 0 N–H and O–H groups in total. The normalized spacial score (nSPS) is 18.1. The summed E-state index contributed by atoms with van der Waals surface area (Å²) in [5.74, 6) is 1.02. The Bertz CT molecular complexity index is 2960. The topological polar surface area (TPSA) is 4.93 Å². The smallest absolute Gasteiger partial charge is 0.0541 e.